The van der Waals surface area contributed by atoms with E-state index in [1.807, 2.05) is 34.4 Å². The number of halogens is 1. The molecule has 0 aliphatic carbocycles. The second kappa shape index (κ2) is 14.0. The van der Waals surface area contributed by atoms with Crippen LogP contribution < -0.4 is 10.2 Å². The van der Waals surface area contributed by atoms with Gasteiger partial charge in [0, 0.05) is 12.0 Å². The van der Waals surface area contributed by atoms with Crippen molar-refractivity contribution < 1.29 is 23.2 Å². The summed E-state index contributed by atoms with van der Waals surface area (Å²) in [6.07, 6.45) is 2.45. The number of nitrogens with one attached hydrogen (secondary N) is 1. The van der Waals surface area contributed by atoms with E-state index in [0.29, 0.717) is 30.0 Å². The summed E-state index contributed by atoms with van der Waals surface area (Å²) < 4.78 is 26.8. The first-order chi connectivity index (χ1) is 18.4. The molecule has 0 aliphatic heterocycles. The molecule has 0 saturated carbocycles. The lowest BCUT2D eigenvalue weighted by atomic mass is 10.0. The number of hydrogen-bond donors (Lipinski definition) is 1. The van der Waals surface area contributed by atoms with Crippen LogP contribution in [-0.4, -0.2) is 35.8 Å². The maximum absolute atomic E-state index is 12.7. The minimum atomic E-state index is -2.18. The van der Waals surface area contributed by atoms with Gasteiger partial charge in [-0.2, -0.15) is 0 Å². The SMILES string of the molecule is COC(=O)c1cc(NO[Si](C)(C)C(C)(C)C)c(C[C@H](/C=C\I)O[Si](C)(C)C(C)(C)C)c(OCc2ccccc2)c1. The number of esters is 1. The molecule has 40 heavy (non-hydrogen) atoms. The van der Waals surface area contributed by atoms with Crippen LogP contribution in [0.2, 0.25) is 36.3 Å². The third-order valence-corrected chi connectivity index (χ3v) is 17.2. The minimum Gasteiger partial charge on any atom is -0.489 e. The molecule has 2 rings (SSSR count). The number of anilines is 1. The normalized spacial score (nSPS) is 13.8. The van der Waals surface area contributed by atoms with Crippen LogP contribution in [0, 0.1) is 0 Å². The van der Waals surface area contributed by atoms with Crippen molar-refractivity contribution in [1.82, 2.24) is 0 Å². The molecule has 222 valence electrons. The van der Waals surface area contributed by atoms with Crippen molar-refractivity contribution in [3.8, 4) is 5.75 Å². The van der Waals surface area contributed by atoms with Gasteiger partial charge in [-0.1, -0.05) is 101 Å². The number of carbonyl (C=O) groups is 1. The summed E-state index contributed by atoms with van der Waals surface area (Å²) in [4.78, 5) is 12.7. The van der Waals surface area contributed by atoms with Crippen LogP contribution in [0.1, 0.15) is 63.0 Å². The van der Waals surface area contributed by atoms with E-state index in [1.54, 1.807) is 12.1 Å². The number of carbonyl (C=O) groups excluding carboxylic acids is 1. The first-order valence-corrected chi connectivity index (χ1v) is 20.8. The molecule has 1 N–H and O–H groups in total. The maximum atomic E-state index is 12.7. The number of benzene rings is 2. The molecule has 0 saturated heterocycles. The molecule has 0 unspecified atom stereocenters. The molecular formula is C31H48INO5Si2. The summed E-state index contributed by atoms with van der Waals surface area (Å²) in [6, 6.07) is 13.5. The highest BCUT2D eigenvalue weighted by Crippen LogP contribution is 2.40. The van der Waals surface area contributed by atoms with Gasteiger partial charge in [0.2, 0.25) is 8.32 Å². The van der Waals surface area contributed by atoms with Gasteiger partial charge in [0.05, 0.1) is 24.5 Å². The van der Waals surface area contributed by atoms with Crippen LogP contribution in [0.25, 0.3) is 0 Å². The predicted octanol–water partition coefficient (Wildman–Crippen LogP) is 9.28. The quantitative estimate of drug-likeness (QED) is 0.103. The highest BCUT2D eigenvalue weighted by Gasteiger charge is 2.40. The fraction of sp³-hybridized carbons (Fsp3) is 0.516. The van der Waals surface area contributed by atoms with Gasteiger partial charge in [0.1, 0.15) is 12.4 Å². The second-order valence-corrected chi connectivity index (χ2v) is 23.4. The molecule has 0 bridgehead atoms. The lowest BCUT2D eigenvalue weighted by Crippen LogP contribution is -2.44. The average molecular weight is 698 g/mol. The van der Waals surface area contributed by atoms with E-state index in [1.165, 1.54) is 7.11 Å². The molecule has 0 aromatic heterocycles. The molecule has 2 aromatic carbocycles. The Morgan fingerprint density at radius 3 is 2.10 bits per heavy atom. The van der Waals surface area contributed by atoms with Gasteiger partial charge in [-0.05, 0) is 58.0 Å². The minimum absolute atomic E-state index is 0.00924. The van der Waals surface area contributed by atoms with E-state index in [4.69, 9.17) is 18.4 Å². The van der Waals surface area contributed by atoms with Crippen molar-refractivity contribution in [3.63, 3.8) is 0 Å². The smallest absolute Gasteiger partial charge is 0.338 e. The lowest BCUT2D eigenvalue weighted by Gasteiger charge is -2.39. The average Bonchev–Trinajstić information content (AvgIpc) is 2.85. The van der Waals surface area contributed by atoms with Crippen molar-refractivity contribution in [2.75, 3.05) is 12.6 Å². The first-order valence-electron chi connectivity index (χ1n) is 13.7. The molecule has 2 aromatic rings. The zero-order chi connectivity index (χ0) is 30.4. The Kier molecular flexibility index (Phi) is 12.1. The fourth-order valence-electron chi connectivity index (χ4n) is 3.37. The number of methoxy groups -OCH3 is 1. The van der Waals surface area contributed by atoms with Crippen molar-refractivity contribution in [3.05, 3.63) is 69.3 Å². The van der Waals surface area contributed by atoms with Gasteiger partial charge < -0.3 is 18.4 Å². The molecule has 0 amide bonds. The Bertz CT molecular complexity index is 1150. The van der Waals surface area contributed by atoms with E-state index in [2.05, 4.69) is 102 Å². The fourth-order valence-corrected chi connectivity index (χ4v) is 5.78. The summed E-state index contributed by atoms with van der Waals surface area (Å²) in [7, 11) is -2.88. The van der Waals surface area contributed by atoms with Crippen molar-refractivity contribution in [2.24, 2.45) is 0 Å². The van der Waals surface area contributed by atoms with E-state index in [9.17, 15) is 4.79 Å². The Morgan fingerprint density at radius 1 is 0.975 bits per heavy atom. The molecule has 0 spiro atoms. The van der Waals surface area contributed by atoms with Crippen molar-refractivity contribution >= 4 is 50.9 Å². The Hall–Kier alpha value is -1.67. The van der Waals surface area contributed by atoms with Crippen LogP contribution in [0.3, 0.4) is 0 Å². The van der Waals surface area contributed by atoms with E-state index in [0.717, 1.165) is 11.1 Å². The Balaban J connectivity index is 2.64. The van der Waals surface area contributed by atoms with Crippen LogP contribution in [-0.2, 0) is 26.7 Å². The molecule has 1 atom stereocenters. The molecule has 0 heterocycles. The summed E-state index contributed by atoms with van der Waals surface area (Å²) in [5, 5.41) is 0.0446. The molecule has 0 aliphatic rings. The molecule has 0 fully saturated rings. The molecule has 0 radical (unpaired) electrons. The number of rotatable bonds is 12. The number of ether oxygens (including phenoxy) is 2. The second-order valence-electron chi connectivity index (χ2n) is 13.2. The van der Waals surface area contributed by atoms with Gasteiger partial charge >= 0.3 is 5.97 Å². The Labute approximate surface area is 257 Å². The third kappa shape index (κ3) is 9.44. The van der Waals surface area contributed by atoms with Crippen molar-refractivity contribution in [2.45, 2.75) is 96.9 Å². The van der Waals surface area contributed by atoms with Gasteiger partial charge in [-0.25, -0.2) is 4.79 Å². The zero-order valence-corrected chi connectivity index (χ0v) is 30.3. The van der Waals surface area contributed by atoms with Crippen molar-refractivity contribution in [1.29, 1.82) is 0 Å². The standard InChI is InChI=1S/C31H48INO5Si2/c1-30(2,3)39(8,9)37-25(17-18-32)21-26-27(33-38-40(10,11)31(4,5)6)19-24(29(34)35-7)20-28(26)36-22-23-15-13-12-14-16-23/h12-20,25,33H,21-22H2,1-11H3/b18-17-/t25-/m0/s1. The van der Waals surface area contributed by atoms with Gasteiger partial charge in [-0.15, -0.1) is 0 Å². The summed E-state index contributed by atoms with van der Waals surface area (Å²) >= 11 is 2.24. The van der Waals surface area contributed by atoms with E-state index >= 15 is 0 Å². The van der Waals surface area contributed by atoms with Crippen LogP contribution in [0.5, 0.6) is 5.75 Å². The van der Waals surface area contributed by atoms with Crippen LogP contribution in [0.15, 0.2) is 52.6 Å². The molecular weight excluding hydrogens is 649 g/mol. The van der Waals surface area contributed by atoms with E-state index in [-0.39, 0.29) is 16.2 Å². The highest BCUT2D eigenvalue weighted by molar-refractivity contribution is 14.1. The maximum Gasteiger partial charge on any atom is 0.338 e. The Morgan fingerprint density at radius 2 is 1.57 bits per heavy atom. The highest BCUT2D eigenvalue weighted by atomic mass is 127. The van der Waals surface area contributed by atoms with Crippen LogP contribution in [0.4, 0.5) is 5.69 Å². The van der Waals surface area contributed by atoms with Gasteiger partial charge in [0.25, 0.3) is 0 Å². The topological polar surface area (TPSA) is 66.0 Å². The molecule has 9 heteroatoms. The first kappa shape index (κ1) is 34.5. The summed E-state index contributed by atoms with van der Waals surface area (Å²) in [5.41, 5.74) is 6.26. The van der Waals surface area contributed by atoms with Crippen LogP contribution >= 0.6 is 22.6 Å². The largest absolute Gasteiger partial charge is 0.489 e. The molecule has 6 nitrogen and oxygen atoms in total. The van der Waals surface area contributed by atoms with Gasteiger partial charge in [0.15, 0.2) is 8.32 Å². The third-order valence-electron chi connectivity index (χ3n) is 8.03. The summed E-state index contributed by atoms with van der Waals surface area (Å²) in [5.74, 6) is 0.159. The van der Waals surface area contributed by atoms with E-state index < -0.39 is 22.6 Å². The lowest BCUT2D eigenvalue weighted by molar-refractivity contribution is 0.0600. The van der Waals surface area contributed by atoms with Gasteiger partial charge in [-0.3, -0.25) is 5.48 Å². The summed E-state index contributed by atoms with van der Waals surface area (Å²) in [6.45, 7) is 22.5. The number of hydrogen-bond acceptors (Lipinski definition) is 6. The monoisotopic (exact) mass is 697 g/mol. The predicted molar refractivity (Wildman–Crippen MR) is 179 cm³/mol. The zero-order valence-electron chi connectivity index (χ0n) is 26.1.